The smallest absolute Gasteiger partial charge is 0.151 e. The van der Waals surface area contributed by atoms with Crippen molar-refractivity contribution in [3.05, 3.63) is 17.3 Å². The van der Waals surface area contributed by atoms with E-state index in [1.807, 2.05) is 6.92 Å². The van der Waals surface area contributed by atoms with Crippen LogP contribution in [0.4, 0.5) is 11.5 Å². The summed E-state index contributed by atoms with van der Waals surface area (Å²) < 4.78 is 5.16. The average Bonchev–Trinajstić information content (AvgIpc) is 2.18. The van der Waals surface area contributed by atoms with Gasteiger partial charge in [-0.3, -0.25) is 0 Å². The Balaban J connectivity index is 2.45. The summed E-state index contributed by atoms with van der Waals surface area (Å²) in [6.45, 7) is 3.96. The van der Waals surface area contributed by atoms with Crippen LogP contribution in [-0.2, 0) is 4.74 Å². The fraction of sp³-hybridized carbons (Fsp3) is 0.444. The second-order valence-corrected chi connectivity index (χ2v) is 3.08. The third-order valence-electron chi connectivity index (χ3n) is 1.64. The Hall–Kier alpha value is -1.00. The fourth-order valence-corrected chi connectivity index (χ4v) is 1.12. The van der Waals surface area contributed by atoms with E-state index in [1.54, 1.807) is 12.1 Å². The summed E-state index contributed by atoms with van der Waals surface area (Å²) in [5.74, 6) is 0.609. The molecule has 0 radical (unpaired) electrons. The van der Waals surface area contributed by atoms with Crippen LogP contribution in [0.5, 0.6) is 0 Å². The first-order valence-corrected chi connectivity index (χ1v) is 4.85. The van der Waals surface area contributed by atoms with Gasteiger partial charge < -0.3 is 15.8 Å². The first kappa shape index (κ1) is 11.1. The van der Waals surface area contributed by atoms with Crippen molar-refractivity contribution in [3.63, 3.8) is 0 Å². The number of halogens is 1. The van der Waals surface area contributed by atoms with Crippen molar-refractivity contribution in [2.24, 2.45) is 0 Å². The highest BCUT2D eigenvalue weighted by molar-refractivity contribution is 6.29. The second kappa shape index (κ2) is 5.67. The molecule has 0 aliphatic rings. The maximum atomic E-state index is 5.72. The third-order valence-corrected chi connectivity index (χ3v) is 1.85. The van der Waals surface area contributed by atoms with Crippen molar-refractivity contribution < 1.29 is 4.74 Å². The molecule has 0 bridgehead atoms. The lowest BCUT2D eigenvalue weighted by molar-refractivity contribution is 0.158. The quantitative estimate of drug-likeness (QED) is 0.581. The van der Waals surface area contributed by atoms with Crippen LogP contribution in [0.1, 0.15) is 6.92 Å². The monoisotopic (exact) mass is 215 g/mol. The average molecular weight is 216 g/mol. The molecule has 1 rings (SSSR count). The van der Waals surface area contributed by atoms with Crippen molar-refractivity contribution in [2.75, 3.05) is 30.8 Å². The zero-order chi connectivity index (χ0) is 10.4. The first-order valence-electron chi connectivity index (χ1n) is 4.47. The Morgan fingerprint density at radius 2 is 2.36 bits per heavy atom. The van der Waals surface area contributed by atoms with E-state index in [0.29, 0.717) is 36.4 Å². The largest absolute Gasteiger partial charge is 0.396 e. The maximum absolute atomic E-state index is 5.72. The van der Waals surface area contributed by atoms with Gasteiger partial charge in [0.2, 0.25) is 0 Å². The molecule has 4 nitrogen and oxygen atoms in total. The van der Waals surface area contributed by atoms with E-state index < -0.39 is 0 Å². The van der Waals surface area contributed by atoms with Crippen LogP contribution in [0.3, 0.4) is 0 Å². The Bertz CT molecular complexity index is 293. The molecule has 0 saturated heterocycles. The number of ether oxygens (including phenoxy) is 1. The third kappa shape index (κ3) is 3.40. The standard InChI is InChI=1S/C9H14ClN3O/c1-2-14-6-5-12-9-7(11)3-4-8(10)13-9/h3-4H,2,5-6,11H2,1H3,(H,12,13). The molecule has 0 aliphatic carbocycles. The summed E-state index contributed by atoms with van der Waals surface area (Å²) in [4.78, 5) is 4.04. The molecule has 78 valence electrons. The minimum Gasteiger partial charge on any atom is -0.396 e. The highest BCUT2D eigenvalue weighted by Crippen LogP contribution is 2.17. The summed E-state index contributed by atoms with van der Waals surface area (Å²) in [5.41, 5.74) is 6.27. The zero-order valence-electron chi connectivity index (χ0n) is 8.09. The van der Waals surface area contributed by atoms with Gasteiger partial charge in [-0.25, -0.2) is 4.98 Å². The lowest BCUT2D eigenvalue weighted by Crippen LogP contribution is -2.11. The molecule has 0 amide bonds. The van der Waals surface area contributed by atoms with Gasteiger partial charge in [0.15, 0.2) is 5.82 Å². The fourth-order valence-electron chi connectivity index (χ4n) is 0.974. The molecule has 1 aromatic heterocycles. The Morgan fingerprint density at radius 1 is 1.57 bits per heavy atom. The molecule has 0 spiro atoms. The van der Waals surface area contributed by atoms with Gasteiger partial charge in [-0.15, -0.1) is 0 Å². The molecule has 0 fully saturated rings. The van der Waals surface area contributed by atoms with Gasteiger partial charge in [0.25, 0.3) is 0 Å². The number of nitrogens with zero attached hydrogens (tertiary/aromatic N) is 1. The number of hydrogen-bond acceptors (Lipinski definition) is 4. The Morgan fingerprint density at radius 3 is 3.07 bits per heavy atom. The molecule has 0 aliphatic heterocycles. The molecule has 5 heteroatoms. The van der Waals surface area contributed by atoms with Gasteiger partial charge in [-0.1, -0.05) is 11.6 Å². The summed E-state index contributed by atoms with van der Waals surface area (Å²) >= 11 is 5.72. The number of nitrogen functional groups attached to an aromatic ring is 1. The minimum atomic E-state index is 0.429. The molecule has 0 saturated carbocycles. The Kier molecular flexibility index (Phi) is 4.49. The number of aromatic nitrogens is 1. The van der Waals surface area contributed by atoms with Gasteiger partial charge in [-0.05, 0) is 19.1 Å². The van der Waals surface area contributed by atoms with Crippen molar-refractivity contribution in [2.45, 2.75) is 6.92 Å². The number of nitrogens with one attached hydrogen (secondary N) is 1. The molecule has 14 heavy (non-hydrogen) atoms. The van der Waals surface area contributed by atoms with E-state index in [2.05, 4.69) is 10.3 Å². The predicted molar refractivity (Wildman–Crippen MR) is 58.6 cm³/mol. The van der Waals surface area contributed by atoms with Crippen LogP contribution in [0.2, 0.25) is 5.15 Å². The van der Waals surface area contributed by atoms with E-state index in [9.17, 15) is 0 Å². The topological polar surface area (TPSA) is 60.2 Å². The first-order chi connectivity index (χ1) is 6.74. The van der Waals surface area contributed by atoms with Crippen LogP contribution in [0.25, 0.3) is 0 Å². The van der Waals surface area contributed by atoms with Crippen LogP contribution in [0, 0.1) is 0 Å². The van der Waals surface area contributed by atoms with Crippen LogP contribution in [0.15, 0.2) is 12.1 Å². The lowest BCUT2D eigenvalue weighted by Gasteiger charge is -2.07. The van der Waals surface area contributed by atoms with Gasteiger partial charge in [0, 0.05) is 13.2 Å². The van der Waals surface area contributed by atoms with Crippen LogP contribution < -0.4 is 11.1 Å². The van der Waals surface area contributed by atoms with Crippen molar-refractivity contribution >= 4 is 23.1 Å². The molecule has 1 heterocycles. The van der Waals surface area contributed by atoms with Crippen LogP contribution >= 0.6 is 11.6 Å². The van der Waals surface area contributed by atoms with Crippen molar-refractivity contribution in [3.8, 4) is 0 Å². The zero-order valence-corrected chi connectivity index (χ0v) is 8.84. The van der Waals surface area contributed by atoms with Crippen LogP contribution in [-0.4, -0.2) is 24.7 Å². The molecular formula is C9H14ClN3O. The maximum Gasteiger partial charge on any atom is 0.151 e. The summed E-state index contributed by atoms with van der Waals surface area (Å²) in [7, 11) is 0. The van der Waals surface area contributed by atoms with E-state index in [1.165, 1.54) is 0 Å². The highest BCUT2D eigenvalue weighted by atomic mass is 35.5. The van der Waals surface area contributed by atoms with E-state index in [4.69, 9.17) is 22.1 Å². The second-order valence-electron chi connectivity index (χ2n) is 2.70. The summed E-state index contributed by atoms with van der Waals surface area (Å²) in [6.07, 6.45) is 0. The number of pyridine rings is 1. The predicted octanol–water partition coefficient (Wildman–Crippen LogP) is 1.77. The van der Waals surface area contributed by atoms with Crippen molar-refractivity contribution in [1.29, 1.82) is 0 Å². The van der Waals surface area contributed by atoms with Gasteiger partial charge in [-0.2, -0.15) is 0 Å². The number of anilines is 2. The van der Waals surface area contributed by atoms with E-state index in [0.717, 1.165) is 0 Å². The molecule has 0 unspecified atom stereocenters. The summed E-state index contributed by atoms with van der Waals surface area (Å²) in [6, 6.07) is 3.38. The molecule has 0 aromatic carbocycles. The summed E-state index contributed by atoms with van der Waals surface area (Å²) in [5, 5.41) is 3.47. The molecule has 1 aromatic rings. The Labute approximate surface area is 88.4 Å². The van der Waals surface area contributed by atoms with Gasteiger partial charge >= 0.3 is 0 Å². The molecule has 3 N–H and O–H groups in total. The van der Waals surface area contributed by atoms with Gasteiger partial charge in [0.1, 0.15) is 5.15 Å². The molecular weight excluding hydrogens is 202 g/mol. The van der Waals surface area contributed by atoms with E-state index >= 15 is 0 Å². The molecule has 0 atom stereocenters. The number of hydrogen-bond donors (Lipinski definition) is 2. The van der Waals surface area contributed by atoms with Gasteiger partial charge in [0.05, 0.1) is 12.3 Å². The number of rotatable bonds is 5. The lowest BCUT2D eigenvalue weighted by atomic mass is 10.4. The normalized spacial score (nSPS) is 10.1. The minimum absolute atomic E-state index is 0.429. The highest BCUT2D eigenvalue weighted by Gasteiger charge is 2.00. The van der Waals surface area contributed by atoms with E-state index in [-0.39, 0.29) is 0 Å². The number of nitrogens with two attached hydrogens (primary N) is 1. The van der Waals surface area contributed by atoms with Crippen molar-refractivity contribution in [1.82, 2.24) is 4.98 Å². The SMILES string of the molecule is CCOCCNc1nc(Cl)ccc1N.